The molecule has 0 aliphatic rings. The number of ether oxygens (including phenoxy) is 2. The largest absolute Gasteiger partial charge is 0.491 e. The van der Waals surface area contributed by atoms with Gasteiger partial charge in [0, 0.05) is 6.61 Å². The summed E-state index contributed by atoms with van der Waals surface area (Å²) in [5.41, 5.74) is 0. The van der Waals surface area contributed by atoms with Gasteiger partial charge in [-0.15, -0.1) is 0 Å². The highest BCUT2D eigenvalue weighted by molar-refractivity contribution is 7.89. The molecule has 0 amide bonds. The highest BCUT2D eigenvalue weighted by atomic mass is 32.2. The van der Waals surface area contributed by atoms with Gasteiger partial charge in [0.25, 0.3) is 0 Å². The van der Waals surface area contributed by atoms with Crippen molar-refractivity contribution in [1.82, 2.24) is 0 Å². The van der Waals surface area contributed by atoms with Crippen molar-refractivity contribution in [2.24, 2.45) is 11.1 Å². The topological polar surface area (TPSA) is 78.6 Å². The maximum Gasteiger partial charge on any atom is 0.238 e. The lowest BCUT2D eigenvalue weighted by atomic mass is 10.1. The lowest BCUT2D eigenvalue weighted by molar-refractivity contribution is 0.0925. The number of primary sulfonamides is 1. The van der Waals surface area contributed by atoms with Crippen LogP contribution in [0.3, 0.4) is 0 Å². The first-order chi connectivity index (χ1) is 8.89. The summed E-state index contributed by atoms with van der Waals surface area (Å²) in [5.74, 6) is 1.23. The van der Waals surface area contributed by atoms with E-state index in [4.69, 9.17) is 14.6 Å². The zero-order valence-electron chi connectivity index (χ0n) is 11.3. The predicted octanol–water partition coefficient (Wildman–Crippen LogP) is 1.78. The molecular formula is C13H21NO4S. The van der Waals surface area contributed by atoms with Crippen LogP contribution < -0.4 is 9.88 Å². The van der Waals surface area contributed by atoms with Crippen molar-refractivity contribution in [3.63, 3.8) is 0 Å². The lowest BCUT2D eigenvalue weighted by Gasteiger charge is -2.08. The van der Waals surface area contributed by atoms with Gasteiger partial charge >= 0.3 is 0 Å². The molecule has 1 rings (SSSR count). The monoisotopic (exact) mass is 287 g/mol. The molecule has 2 N–H and O–H groups in total. The molecule has 0 fully saturated rings. The average molecular weight is 287 g/mol. The minimum absolute atomic E-state index is 0.0769. The first kappa shape index (κ1) is 15.9. The second kappa shape index (κ2) is 7.47. The van der Waals surface area contributed by atoms with Gasteiger partial charge in [-0.3, -0.25) is 0 Å². The Bertz CT molecular complexity index is 468. The average Bonchev–Trinajstić information content (AvgIpc) is 2.32. The Labute approximate surface area is 114 Å². The van der Waals surface area contributed by atoms with Gasteiger partial charge in [0.05, 0.1) is 11.5 Å². The predicted molar refractivity (Wildman–Crippen MR) is 73.6 cm³/mol. The summed E-state index contributed by atoms with van der Waals surface area (Å²) >= 11 is 0. The number of hydrogen-bond donors (Lipinski definition) is 1. The molecular weight excluding hydrogens is 266 g/mol. The highest BCUT2D eigenvalue weighted by Gasteiger charge is 2.06. The second-order valence-electron chi connectivity index (χ2n) is 4.66. The zero-order valence-corrected chi connectivity index (χ0v) is 12.2. The molecule has 0 aliphatic carbocycles. The summed E-state index contributed by atoms with van der Waals surface area (Å²) < 4.78 is 32.9. The van der Waals surface area contributed by atoms with E-state index in [-0.39, 0.29) is 4.90 Å². The third-order valence-corrected chi connectivity index (χ3v) is 3.42. The van der Waals surface area contributed by atoms with Crippen LogP contribution >= 0.6 is 0 Å². The fourth-order valence-corrected chi connectivity index (χ4v) is 1.88. The molecule has 0 spiro atoms. The fraction of sp³-hybridized carbons (Fsp3) is 0.538. The van der Waals surface area contributed by atoms with Gasteiger partial charge in [-0.1, -0.05) is 13.8 Å². The molecule has 0 aliphatic heterocycles. The molecule has 0 unspecified atom stereocenters. The Morgan fingerprint density at radius 3 is 2.26 bits per heavy atom. The van der Waals surface area contributed by atoms with Crippen LogP contribution in [0.5, 0.6) is 5.75 Å². The van der Waals surface area contributed by atoms with Gasteiger partial charge < -0.3 is 9.47 Å². The van der Waals surface area contributed by atoms with E-state index in [1.54, 1.807) is 12.1 Å². The molecule has 108 valence electrons. The van der Waals surface area contributed by atoms with E-state index in [0.717, 1.165) is 13.0 Å². The van der Waals surface area contributed by atoms with Gasteiger partial charge in [-0.05, 0) is 36.6 Å². The molecule has 0 radical (unpaired) electrons. The molecule has 0 heterocycles. The maximum atomic E-state index is 11.0. The molecule has 0 aromatic heterocycles. The summed E-state index contributed by atoms with van der Waals surface area (Å²) in [6.45, 7) is 5.97. The Hall–Kier alpha value is -1.11. The van der Waals surface area contributed by atoms with Crippen LogP contribution in [0.25, 0.3) is 0 Å². The third kappa shape index (κ3) is 6.56. The molecule has 19 heavy (non-hydrogen) atoms. The molecule has 1 aromatic carbocycles. The number of rotatable bonds is 8. The first-order valence-electron chi connectivity index (χ1n) is 6.23. The van der Waals surface area contributed by atoms with Crippen LogP contribution in [0.1, 0.15) is 20.3 Å². The van der Waals surface area contributed by atoms with Gasteiger partial charge in [0.2, 0.25) is 10.0 Å². The summed E-state index contributed by atoms with van der Waals surface area (Å²) in [4.78, 5) is 0.0769. The lowest BCUT2D eigenvalue weighted by Crippen LogP contribution is -2.12. The van der Waals surface area contributed by atoms with E-state index in [9.17, 15) is 8.42 Å². The summed E-state index contributed by atoms with van der Waals surface area (Å²) in [7, 11) is -3.64. The van der Waals surface area contributed by atoms with E-state index in [1.165, 1.54) is 12.1 Å². The van der Waals surface area contributed by atoms with Crippen LogP contribution in [-0.4, -0.2) is 28.2 Å². The quantitative estimate of drug-likeness (QED) is 0.739. The van der Waals surface area contributed by atoms with Crippen molar-refractivity contribution >= 4 is 10.0 Å². The van der Waals surface area contributed by atoms with E-state index in [2.05, 4.69) is 13.8 Å². The van der Waals surface area contributed by atoms with E-state index < -0.39 is 10.0 Å². The van der Waals surface area contributed by atoms with E-state index >= 15 is 0 Å². The van der Waals surface area contributed by atoms with Crippen molar-refractivity contribution in [1.29, 1.82) is 0 Å². The second-order valence-corrected chi connectivity index (χ2v) is 6.22. The van der Waals surface area contributed by atoms with Crippen molar-refractivity contribution < 1.29 is 17.9 Å². The van der Waals surface area contributed by atoms with Gasteiger partial charge in [0.1, 0.15) is 12.4 Å². The molecule has 6 heteroatoms. The Kier molecular flexibility index (Phi) is 6.27. The summed E-state index contributed by atoms with van der Waals surface area (Å²) in [6.07, 6.45) is 1.03. The Morgan fingerprint density at radius 1 is 1.11 bits per heavy atom. The Morgan fingerprint density at radius 2 is 1.74 bits per heavy atom. The smallest absolute Gasteiger partial charge is 0.238 e. The van der Waals surface area contributed by atoms with Crippen molar-refractivity contribution in [2.75, 3.05) is 19.8 Å². The minimum Gasteiger partial charge on any atom is -0.491 e. The fourth-order valence-electron chi connectivity index (χ4n) is 1.37. The maximum absolute atomic E-state index is 11.0. The molecule has 0 saturated heterocycles. The normalized spacial score (nSPS) is 11.8. The molecule has 0 saturated carbocycles. The molecule has 0 bridgehead atoms. The van der Waals surface area contributed by atoms with Gasteiger partial charge in [-0.2, -0.15) is 0 Å². The van der Waals surface area contributed by atoms with E-state index in [1.807, 2.05) is 0 Å². The molecule has 0 atom stereocenters. The van der Waals surface area contributed by atoms with Crippen molar-refractivity contribution in [2.45, 2.75) is 25.2 Å². The zero-order chi connectivity index (χ0) is 14.3. The van der Waals surface area contributed by atoms with Gasteiger partial charge in [0.15, 0.2) is 0 Å². The minimum atomic E-state index is -3.64. The highest BCUT2D eigenvalue weighted by Crippen LogP contribution is 2.14. The molecule has 5 nitrogen and oxygen atoms in total. The van der Waals surface area contributed by atoms with Crippen molar-refractivity contribution in [3.8, 4) is 5.75 Å². The number of nitrogens with two attached hydrogens (primary N) is 1. The van der Waals surface area contributed by atoms with Crippen molar-refractivity contribution in [3.05, 3.63) is 24.3 Å². The van der Waals surface area contributed by atoms with E-state index in [0.29, 0.717) is 24.9 Å². The first-order valence-corrected chi connectivity index (χ1v) is 7.77. The van der Waals surface area contributed by atoms with Crippen LogP contribution in [-0.2, 0) is 14.8 Å². The van der Waals surface area contributed by atoms with Gasteiger partial charge in [-0.25, -0.2) is 13.6 Å². The third-order valence-electron chi connectivity index (χ3n) is 2.49. The number of hydrogen-bond acceptors (Lipinski definition) is 4. The summed E-state index contributed by atoms with van der Waals surface area (Å²) in [6, 6.07) is 6.00. The van der Waals surface area contributed by atoms with Crippen LogP contribution in [0.15, 0.2) is 29.2 Å². The van der Waals surface area contributed by atoms with Crippen LogP contribution in [0.2, 0.25) is 0 Å². The number of benzene rings is 1. The SMILES string of the molecule is CC(C)CCOCCOc1ccc(S(N)(=O)=O)cc1. The van der Waals surface area contributed by atoms with Crippen LogP contribution in [0, 0.1) is 5.92 Å². The van der Waals surface area contributed by atoms with Crippen LogP contribution in [0.4, 0.5) is 0 Å². The number of sulfonamides is 1. The molecule has 1 aromatic rings. The standard InChI is InChI=1S/C13H21NO4S/c1-11(2)7-8-17-9-10-18-12-3-5-13(6-4-12)19(14,15)16/h3-6,11H,7-10H2,1-2H3,(H2,14,15,16). The Balaban J connectivity index is 2.27. The summed E-state index contributed by atoms with van der Waals surface area (Å²) in [5, 5.41) is 5.00.